The van der Waals surface area contributed by atoms with E-state index in [0.717, 1.165) is 12.8 Å². The van der Waals surface area contributed by atoms with Crippen molar-refractivity contribution < 1.29 is 13.2 Å². The van der Waals surface area contributed by atoms with Gasteiger partial charge in [0.2, 0.25) is 0 Å². The highest BCUT2D eigenvalue weighted by Crippen LogP contribution is 2.22. The lowest BCUT2D eigenvalue weighted by atomic mass is 10.3. The maximum absolute atomic E-state index is 12.8. The zero-order chi connectivity index (χ0) is 16.3. The highest BCUT2D eigenvalue weighted by molar-refractivity contribution is 7.90. The van der Waals surface area contributed by atoms with E-state index in [9.17, 15) is 8.42 Å². The molecule has 0 radical (unpaired) electrons. The van der Waals surface area contributed by atoms with Crippen molar-refractivity contribution >= 4 is 21.1 Å². The third kappa shape index (κ3) is 3.07. The Bertz CT molecular complexity index is 899. The number of para-hydroxylation sites is 2. The number of imidazole rings is 1. The number of rotatable bonds is 6. The lowest BCUT2D eigenvalue weighted by molar-refractivity contribution is 0.309. The monoisotopic (exact) mass is 330 g/mol. The number of hydrogen-bond acceptors (Lipinski definition) is 4. The van der Waals surface area contributed by atoms with Crippen molar-refractivity contribution in [3.05, 3.63) is 54.9 Å². The van der Waals surface area contributed by atoms with Gasteiger partial charge < -0.3 is 4.74 Å². The fourth-order valence-corrected chi connectivity index (χ4v) is 3.58. The molecule has 3 rings (SSSR count). The Hall–Kier alpha value is -2.34. The van der Waals surface area contributed by atoms with Crippen LogP contribution >= 0.6 is 0 Å². The number of benzene rings is 2. The van der Waals surface area contributed by atoms with Crippen LogP contribution in [0.5, 0.6) is 5.75 Å². The number of aromatic nitrogens is 2. The first kappa shape index (κ1) is 15.6. The van der Waals surface area contributed by atoms with E-state index in [1.54, 1.807) is 42.5 Å². The smallest absolute Gasteiger partial charge is 0.269 e. The molecule has 0 atom stereocenters. The molecule has 1 heterocycles. The Morgan fingerprint density at radius 1 is 1.09 bits per heavy atom. The van der Waals surface area contributed by atoms with E-state index in [-0.39, 0.29) is 4.90 Å². The standard InChI is InChI=1S/C17H18N2O3S/c1-2-3-12-22-14-8-10-15(11-9-14)23(20,21)19-13-18-16-6-4-5-7-17(16)19/h4-11,13H,2-3,12H2,1H3. The van der Waals surface area contributed by atoms with Crippen LogP contribution in [0.25, 0.3) is 11.0 Å². The predicted octanol–water partition coefficient (Wildman–Crippen LogP) is 3.45. The van der Waals surface area contributed by atoms with Gasteiger partial charge in [-0.1, -0.05) is 25.5 Å². The first-order valence-electron chi connectivity index (χ1n) is 7.53. The molecular formula is C17H18N2O3S. The SMILES string of the molecule is CCCCOc1ccc(S(=O)(=O)n2cnc3ccccc32)cc1. The molecule has 6 heteroatoms. The molecule has 0 amide bonds. The van der Waals surface area contributed by atoms with Crippen molar-refractivity contribution in [1.29, 1.82) is 0 Å². The van der Waals surface area contributed by atoms with Crippen LogP contribution in [0.4, 0.5) is 0 Å². The molecule has 0 aliphatic rings. The third-order valence-corrected chi connectivity index (χ3v) is 5.24. The Labute approximate surface area is 135 Å². The maximum Gasteiger partial charge on any atom is 0.269 e. The van der Waals surface area contributed by atoms with E-state index in [2.05, 4.69) is 11.9 Å². The van der Waals surface area contributed by atoms with Crippen molar-refractivity contribution in [3.8, 4) is 5.75 Å². The molecule has 0 aliphatic heterocycles. The van der Waals surface area contributed by atoms with Gasteiger partial charge in [0.1, 0.15) is 12.1 Å². The summed E-state index contributed by atoms with van der Waals surface area (Å²) in [6, 6.07) is 13.6. The predicted molar refractivity (Wildman–Crippen MR) is 89.2 cm³/mol. The minimum atomic E-state index is -3.67. The molecule has 120 valence electrons. The molecule has 0 aliphatic carbocycles. The van der Waals surface area contributed by atoms with E-state index in [4.69, 9.17) is 4.74 Å². The average molecular weight is 330 g/mol. The molecule has 0 N–H and O–H groups in total. The summed E-state index contributed by atoms with van der Waals surface area (Å²) in [5, 5.41) is 0. The summed E-state index contributed by atoms with van der Waals surface area (Å²) >= 11 is 0. The van der Waals surface area contributed by atoms with Crippen LogP contribution in [0, 0.1) is 0 Å². The lowest BCUT2D eigenvalue weighted by Gasteiger charge is -2.08. The van der Waals surface area contributed by atoms with Gasteiger partial charge >= 0.3 is 0 Å². The largest absolute Gasteiger partial charge is 0.494 e. The quantitative estimate of drug-likeness (QED) is 0.650. The van der Waals surface area contributed by atoms with Crippen LogP contribution in [-0.4, -0.2) is 24.0 Å². The van der Waals surface area contributed by atoms with Gasteiger partial charge in [0.05, 0.1) is 22.5 Å². The number of unbranched alkanes of at least 4 members (excludes halogenated alkanes) is 1. The van der Waals surface area contributed by atoms with E-state index in [1.165, 1.54) is 10.3 Å². The molecule has 0 saturated carbocycles. The summed E-state index contributed by atoms with van der Waals surface area (Å²) in [5.74, 6) is 0.674. The van der Waals surface area contributed by atoms with Gasteiger partial charge in [0, 0.05) is 0 Å². The molecule has 0 bridgehead atoms. The molecule has 0 spiro atoms. The van der Waals surface area contributed by atoms with Gasteiger partial charge in [-0.05, 0) is 42.8 Å². The van der Waals surface area contributed by atoms with E-state index in [0.29, 0.717) is 23.4 Å². The van der Waals surface area contributed by atoms with Crippen molar-refractivity contribution in [2.24, 2.45) is 0 Å². The number of ether oxygens (including phenoxy) is 1. The molecule has 0 fully saturated rings. The second kappa shape index (κ2) is 6.42. The number of fused-ring (bicyclic) bond motifs is 1. The maximum atomic E-state index is 12.8. The Balaban J connectivity index is 1.90. The second-order valence-corrected chi connectivity index (χ2v) is 7.02. The summed E-state index contributed by atoms with van der Waals surface area (Å²) < 4.78 is 32.3. The van der Waals surface area contributed by atoms with E-state index in [1.807, 2.05) is 6.07 Å². The molecule has 2 aromatic carbocycles. The number of hydrogen-bond donors (Lipinski definition) is 0. The van der Waals surface area contributed by atoms with E-state index >= 15 is 0 Å². The van der Waals surface area contributed by atoms with Crippen LogP contribution in [0.3, 0.4) is 0 Å². The van der Waals surface area contributed by atoms with Crippen LogP contribution in [-0.2, 0) is 10.0 Å². The van der Waals surface area contributed by atoms with Gasteiger partial charge in [0.25, 0.3) is 10.0 Å². The average Bonchev–Trinajstić information content (AvgIpc) is 3.00. The first-order chi connectivity index (χ1) is 11.1. The van der Waals surface area contributed by atoms with Gasteiger partial charge in [-0.2, -0.15) is 0 Å². The summed E-state index contributed by atoms with van der Waals surface area (Å²) in [5.41, 5.74) is 1.21. The fourth-order valence-electron chi connectivity index (χ4n) is 2.28. The first-order valence-corrected chi connectivity index (χ1v) is 8.97. The third-order valence-electron chi connectivity index (χ3n) is 3.57. The normalized spacial score (nSPS) is 11.7. The fraction of sp³-hybridized carbons (Fsp3) is 0.235. The lowest BCUT2D eigenvalue weighted by Crippen LogP contribution is -2.11. The minimum Gasteiger partial charge on any atom is -0.494 e. The number of nitrogens with zero attached hydrogens (tertiary/aromatic N) is 2. The Morgan fingerprint density at radius 3 is 2.57 bits per heavy atom. The zero-order valence-corrected chi connectivity index (χ0v) is 13.7. The summed E-state index contributed by atoms with van der Waals surface area (Å²) in [6.07, 6.45) is 3.37. The molecule has 1 aromatic heterocycles. The van der Waals surface area contributed by atoms with E-state index < -0.39 is 10.0 Å². The van der Waals surface area contributed by atoms with Gasteiger partial charge in [-0.15, -0.1) is 0 Å². The van der Waals surface area contributed by atoms with Gasteiger partial charge in [-0.3, -0.25) is 0 Å². The highest BCUT2D eigenvalue weighted by Gasteiger charge is 2.19. The Kier molecular flexibility index (Phi) is 4.34. The van der Waals surface area contributed by atoms with Crippen LogP contribution in [0.1, 0.15) is 19.8 Å². The summed E-state index contributed by atoms with van der Waals surface area (Å²) in [4.78, 5) is 4.35. The van der Waals surface area contributed by atoms with Crippen LogP contribution in [0.15, 0.2) is 59.8 Å². The van der Waals surface area contributed by atoms with Crippen molar-refractivity contribution in [1.82, 2.24) is 8.96 Å². The van der Waals surface area contributed by atoms with Gasteiger partial charge in [-0.25, -0.2) is 17.4 Å². The van der Waals surface area contributed by atoms with Crippen molar-refractivity contribution in [2.75, 3.05) is 6.61 Å². The van der Waals surface area contributed by atoms with Crippen LogP contribution in [0.2, 0.25) is 0 Å². The molecule has 3 aromatic rings. The Morgan fingerprint density at radius 2 is 1.83 bits per heavy atom. The summed E-state index contributed by atoms with van der Waals surface area (Å²) in [6.45, 7) is 2.73. The summed E-state index contributed by atoms with van der Waals surface area (Å²) in [7, 11) is -3.67. The molecule has 0 unspecified atom stereocenters. The zero-order valence-electron chi connectivity index (χ0n) is 12.8. The molecule has 5 nitrogen and oxygen atoms in total. The highest BCUT2D eigenvalue weighted by atomic mass is 32.2. The van der Waals surface area contributed by atoms with Crippen molar-refractivity contribution in [2.45, 2.75) is 24.7 Å². The topological polar surface area (TPSA) is 61.2 Å². The van der Waals surface area contributed by atoms with Crippen LogP contribution < -0.4 is 4.74 Å². The minimum absolute atomic E-state index is 0.212. The second-order valence-electron chi connectivity index (χ2n) is 5.21. The molecule has 23 heavy (non-hydrogen) atoms. The molecular weight excluding hydrogens is 312 g/mol. The van der Waals surface area contributed by atoms with Gasteiger partial charge in [0.15, 0.2) is 0 Å². The van der Waals surface area contributed by atoms with Crippen molar-refractivity contribution in [3.63, 3.8) is 0 Å². The molecule has 0 saturated heterocycles.